The Morgan fingerprint density at radius 3 is 2.82 bits per heavy atom. The summed E-state index contributed by atoms with van der Waals surface area (Å²) < 4.78 is 37.3. The van der Waals surface area contributed by atoms with Crippen LogP contribution in [0.2, 0.25) is 0 Å². The van der Waals surface area contributed by atoms with Gasteiger partial charge in [-0.3, -0.25) is 0 Å². The quantitative estimate of drug-likeness (QED) is 0.574. The Morgan fingerprint density at radius 2 is 2.36 bits per heavy atom. The standard InChI is InChI=1S/C5H10FNO3S/c6-11(8,9)4-5-3-7-1-2-10-5/h5,7H,1-4H2. The first-order valence-corrected chi connectivity index (χ1v) is 4.88. The Hall–Kier alpha value is -0.200. The minimum atomic E-state index is -4.39. The SMILES string of the molecule is O=S(=O)(F)CC1CNCCO1. The summed E-state index contributed by atoms with van der Waals surface area (Å²) in [5.74, 6) is -0.542. The van der Waals surface area contributed by atoms with Crippen molar-refractivity contribution in [1.82, 2.24) is 5.32 Å². The summed E-state index contributed by atoms with van der Waals surface area (Å²) in [7, 11) is -4.39. The van der Waals surface area contributed by atoms with Gasteiger partial charge in [0.05, 0.1) is 12.7 Å². The van der Waals surface area contributed by atoms with Crippen molar-refractivity contribution in [2.75, 3.05) is 25.4 Å². The molecule has 1 atom stereocenters. The van der Waals surface area contributed by atoms with Crippen LogP contribution in [0, 0.1) is 0 Å². The van der Waals surface area contributed by atoms with Gasteiger partial charge in [-0.05, 0) is 0 Å². The van der Waals surface area contributed by atoms with Crippen LogP contribution in [-0.4, -0.2) is 40.0 Å². The molecule has 0 saturated carbocycles. The molecular formula is C5H10FNO3S. The number of hydrogen-bond donors (Lipinski definition) is 1. The summed E-state index contributed by atoms with van der Waals surface area (Å²) in [5.41, 5.74) is 0. The molecule has 66 valence electrons. The summed E-state index contributed by atoms with van der Waals surface area (Å²) in [6.07, 6.45) is -0.529. The fraction of sp³-hybridized carbons (Fsp3) is 1.00. The number of ether oxygens (including phenoxy) is 1. The first-order chi connectivity index (χ1) is 5.08. The third kappa shape index (κ3) is 3.64. The van der Waals surface area contributed by atoms with E-state index in [0.29, 0.717) is 19.7 Å². The molecule has 1 unspecified atom stereocenters. The van der Waals surface area contributed by atoms with Crippen LogP contribution < -0.4 is 5.32 Å². The second-order valence-corrected chi connectivity index (χ2v) is 3.81. The van der Waals surface area contributed by atoms with E-state index in [-0.39, 0.29) is 0 Å². The maximum atomic E-state index is 12.0. The Bertz CT molecular complexity index is 210. The fourth-order valence-electron chi connectivity index (χ4n) is 0.949. The van der Waals surface area contributed by atoms with Gasteiger partial charge in [0.1, 0.15) is 5.75 Å². The molecule has 11 heavy (non-hydrogen) atoms. The van der Waals surface area contributed by atoms with E-state index in [4.69, 9.17) is 4.74 Å². The maximum absolute atomic E-state index is 12.0. The molecule has 0 aromatic heterocycles. The van der Waals surface area contributed by atoms with Crippen molar-refractivity contribution < 1.29 is 17.0 Å². The van der Waals surface area contributed by atoms with Crippen LogP contribution >= 0.6 is 0 Å². The summed E-state index contributed by atoms with van der Waals surface area (Å²) in [6, 6.07) is 0. The molecule has 1 N–H and O–H groups in total. The molecule has 0 spiro atoms. The second kappa shape index (κ2) is 3.46. The minimum Gasteiger partial charge on any atom is -0.374 e. The first-order valence-electron chi connectivity index (χ1n) is 3.32. The van der Waals surface area contributed by atoms with Gasteiger partial charge in [-0.1, -0.05) is 0 Å². The number of nitrogens with one attached hydrogen (secondary N) is 1. The molecule has 0 aliphatic carbocycles. The lowest BCUT2D eigenvalue weighted by atomic mass is 10.3. The third-order valence-corrected chi connectivity index (χ3v) is 2.16. The second-order valence-electron chi connectivity index (χ2n) is 2.40. The molecule has 0 aromatic carbocycles. The number of rotatable bonds is 2. The average molecular weight is 183 g/mol. The van der Waals surface area contributed by atoms with Crippen LogP contribution in [-0.2, 0) is 15.0 Å². The Morgan fingerprint density at radius 1 is 1.64 bits per heavy atom. The van der Waals surface area contributed by atoms with Crippen LogP contribution in [0.5, 0.6) is 0 Å². The molecule has 6 heteroatoms. The predicted molar refractivity (Wildman–Crippen MR) is 37.5 cm³/mol. The molecule has 0 aromatic rings. The largest absolute Gasteiger partial charge is 0.374 e. The van der Waals surface area contributed by atoms with E-state index in [1.54, 1.807) is 0 Å². The molecular weight excluding hydrogens is 173 g/mol. The highest BCUT2D eigenvalue weighted by Gasteiger charge is 2.20. The van der Waals surface area contributed by atoms with Gasteiger partial charge in [0.25, 0.3) is 0 Å². The van der Waals surface area contributed by atoms with Crippen molar-refractivity contribution in [3.63, 3.8) is 0 Å². The van der Waals surface area contributed by atoms with E-state index >= 15 is 0 Å². The molecule has 4 nitrogen and oxygen atoms in total. The molecule has 0 radical (unpaired) electrons. The number of morpholine rings is 1. The van der Waals surface area contributed by atoms with Gasteiger partial charge in [-0.2, -0.15) is 8.42 Å². The molecule has 1 aliphatic heterocycles. The van der Waals surface area contributed by atoms with Crippen LogP contribution in [0.1, 0.15) is 0 Å². The Kier molecular flexibility index (Phi) is 2.80. The van der Waals surface area contributed by atoms with Crippen molar-refractivity contribution in [2.45, 2.75) is 6.10 Å². The van der Waals surface area contributed by atoms with E-state index in [9.17, 15) is 12.3 Å². The first kappa shape index (κ1) is 8.89. The van der Waals surface area contributed by atoms with E-state index < -0.39 is 22.1 Å². The van der Waals surface area contributed by atoms with E-state index in [1.807, 2.05) is 0 Å². The minimum absolute atomic E-state index is 0.406. The van der Waals surface area contributed by atoms with Gasteiger partial charge >= 0.3 is 10.2 Å². The van der Waals surface area contributed by atoms with Crippen LogP contribution in [0.25, 0.3) is 0 Å². The van der Waals surface area contributed by atoms with Crippen molar-refractivity contribution in [2.24, 2.45) is 0 Å². The summed E-state index contributed by atoms with van der Waals surface area (Å²) in [6.45, 7) is 1.55. The highest BCUT2D eigenvalue weighted by Crippen LogP contribution is 2.01. The van der Waals surface area contributed by atoms with Gasteiger partial charge in [-0.15, -0.1) is 3.89 Å². The van der Waals surface area contributed by atoms with Crippen molar-refractivity contribution >= 4 is 10.2 Å². The molecule has 1 fully saturated rings. The topological polar surface area (TPSA) is 55.4 Å². The average Bonchev–Trinajstić information content (AvgIpc) is 1.85. The molecule has 0 bridgehead atoms. The van der Waals surface area contributed by atoms with Gasteiger partial charge in [-0.25, -0.2) is 0 Å². The normalized spacial score (nSPS) is 26.8. The molecule has 1 saturated heterocycles. The summed E-state index contributed by atoms with van der Waals surface area (Å²) in [5, 5.41) is 2.90. The fourth-order valence-corrected chi connectivity index (χ4v) is 1.61. The van der Waals surface area contributed by atoms with Gasteiger partial charge in [0, 0.05) is 13.1 Å². The number of hydrogen-bond acceptors (Lipinski definition) is 4. The smallest absolute Gasteiger partial charge is 0.305 e. The zero-order valence-electron chi connectivity index (χ0n) is 5.92. The van der Waals surface area contributed by atoms with Crippen LogP contribution in [0.15, 0.2) is 0 Å². The molecule has 1 aliphatic rings. The molecule has 0 amide bonds. The van der Waals surface area contributed by atoms with Gasteiger partial charge in [0.15, 0.2) is 0 Å². The summed E-state index contributed by atoms with van der Waals surface area (Å²) >= 11 is 0. The molecule has 1 rings (SSSR count). The summed E-state index contributed by atoms with van der Waals surface area (Å²) in [4.78, 5) is 0. The lowest BCUT2D eigenvalue weighted by molar-refractivity contribution is 0.0425. The highest BCUT2D eigenvalue weighted by atomic mass is 32.3. The lowest BCUT2D eigenvalue weighted by Gasteiger charge is -2.21. The van der Waals surface area contributed by atoms with Crippen molar-refractivity contribution in [1.29, 1.82) is 0 Å². The lowest BCUT2D eigenvalue weighted by Crippen LogP contribution is -2.41. The van der Waals surface area contributed by atoms with Gasteiger partial charge < -0.3 is 10.1 Å². The van der Waals surface area contributed by atoms with Crippen LogP contribution in [0.4, 0.5) is 3.89 Å². The van der Waals surface area contributed by atoms with Crippen LogP contribution in [0.3, 0.4) is 0 Å². The zero-order valence-corrected chi connectivity index (χ0v) is 6.73. The Balaban J connectivity index is 2.36. The highest BCUT2D eigenvalue weighted by molar-refractivity contribution is 7.86. The predicted octanol–water partition coefficient (Wildman–Crippen LogP) is -0.726. The van der Waals surface area contributed by atoms with E-state index in [2.05, 4.69) is 5.32 Å². The van der Waals surface area contributed by atoms with Gasteiger partial charge in [0.2, 0.25) is 0 Å². The third-order valence-electron chi connectivity index (χ3n) is 1.39. The van der Waals surface area contributed by atoms with E-state index in [0.717, 1.165) is 0 Å². The Labute approximate surface area is 64.9 Å². The van der Waals surface area contributed by atoms with E-state index in [1.165, 1.54) is 0 Å². The maximum Gasteiger partial charge on any atom is 0.305 e. The monoisotopic (exact) mass is 183 g/mol. The molecule has 1 heterocycles. The van der Waals surface area contributed by atoms with Crippen molar-refractivity contribution in [3.8, 4) is 0 Å². The van der Waals surface area contributed by atoms with Crippen molar-refractivity contribution in [3.05, 3.63) is 0 Å². The zero-order chi connectivity index (χ0) is 8.32. The number of halogens is 1.